The van der Waals surface area contributed by atoms with Gasteiger partial charge in [-0.2, -0.15) is 10.5 Å². The van der Waals surface area contributed by atoms with Crippen LogP contribution in [0.4, 0.5) is 0 Å². The van der Waals surface area contributed by atoms with Gasteiger partial charge in [0.05, 0.1) is 51.4 Å². The van der Waals surface area contributed by atoms with Crippen LogP contribution in [0.3, 0.4) is 0 Å². The maximum absolute atomic E-state index is 9.87. The summed E-state index contributed by atoms with van der Waals surface area (Å²) in [6, 6.07) is 67.0. The molecule has 292 valence electrons. The van der Waals surface area contributed by atoms with E-state index in [-0.39, 0.29) is 0 Å². The summed E-state index contributed by atoms with van der Waals surface area (Å²) in [5.74, 6) is 0.581. The van der Waals surface area contributed by atoms with E-state index >= 15 is 0 Å². The number of hydrogen-bond acceptors (Lipinski definition) is 4. The lowest BCUT2D eigenvalue weighted by atomic mass is 9.91. The minimum absolute atomic E-state index is 0.580. The van der Waals surface area contributed by atoms with E-state index < -0.39 is 0 Å². The SMILES string of the molecule is Cc1cc(C)c(-c2ccc3c(c2)c2ccccc2n3-c2c(-c3ccc(C#N)cc3)cc(-c3nc(-c4ccccc4)cc(-c4ccccc4)n3)cc2-c2ccc(C#N)cc2)c(C)c1. The Kier molecular flexibility index (Phi) is 9.56. The van der Waals surface area contributed by atoms with Crippen LogP contribution in [0.15, 0.2) is 182 Å². The second kappa shape index (κ2) is 15.7. The van der Waals surface area contributed by atoms with Crippen molar-refractivity contribution in [1.29, 1.82) is 10.5 Å². The van der Waals surface area contributed by atoms with Gasteiger partial charge in [0.1, 0.15) is 0 Å². The van der Waals surface area contributed by atoms with Crippen molar-refractivity contribution in [2.75, 3.05) is 0 Å². The van der Waals surface area contributed by atoms with Gasteiger partial charge in [-0.1, -0.05) is 127 Å². The highest BCUT2D eigenvalue weighted by atomic mass is 15.0. The molecular weight excluding hydrogens is 755 g/mol. The van der Waals surface area contributed by atoms with E-state index in [2.05, 4.69) is 135 Å². The van der Waals surface area contributed by atoms with E-state index in [0.717, 1.165) is 77.8 Å². The molecule has 2 aromatic heterocycles. The fourth-order valence-corrected chi connectivity index (χ4v) is 8.99. The molecule has 0 aliphatic rings. The van der Waals surface area contributed by atoms with Gasteiger partial charge in [0.2, 0.25) is 0 Å². The van der Waals surface area contributed by atoms with E-state index in [9.17, 15) is 10.5 Å². The van der Waals surface area contributed by atoms with Crippen molar-refractivity contribution in [1.82, 2.24) is 14.5 Å². The second-order valence-electron chi connectivity index (χ2n) is 15.9. The molecular formula is C57H39N5. The van der Waals surface area contributed by atoms with E-state index in [1.54, 1.807) is 0 Å². The highest BCUT2D eigenvalue weighted by Crippen LogP contribution is 2.45. The molecule has 0 bridgehead atoms. The van der Waals surface area contributed by atoms with Crippen LogP contribution in [0.25, 0.3) is 94.8 Å². The zero-order chi connectivity index (χ0) is 42.3. The van der Waals surface area contributed by atoms with Gasteiger partial charge < -0.3 is 4.57 Å². The predicted molar refractivity (Wildman–Crippen MR) is 253 cm³/mol. The molecule has 0 aliphatic carbocycles. The standard InChI is InChI=1S/C57H39N5/c1-36-28-37(2)55(38(3)29-36)45-26-27-54-50(30-45)47-16-10-11-17-53(47)62(54)56-48(41-22-18-39(34-58)19-23-41)31-46(32-49(56)42-24-20-40(35-59)21-25-42)57-60-51(43-12-6-4-7-13-43)33-52(61-57)44-14-8-5-9-15-44/h4-33H,1-3H3. The summed E-state index contributed by atoms with van der Waals surface area (Å²) >= 11 is 0. The molecule has 0 fully saturated rings. The van der Waals surface area contributed by atoms with Gasteiger partial charge in [-0.25, -0.2) is 9.97 Å². The van der Waals surface area contributed by atoms with Crippen LogP contribution in [-0.4, -0.2) is 14.5 Å². The first-order valence-corrected chi connectivity index (χ1v) is 20.7. The third kappa shape index (κ3) is 6.79. The summed E-state index contributed by atoms with van der Waals surface area (Å²) in [7, 11) is 0. The number of hydrogen-bond donors (Lipinski definition) is 0. The molecule has 2 heterocycles. The van der Waals surface area contributed by atoms with Gasteiger partial charge in [-0.3, -0.25) is 0 Å². The first-order valence-electron chi connectivity index (χ1n) is 20.7. The number of fused-ring (bicyclic) bond motifs is 3. The van der Waals surface area contributed by atoms with Crippen LogP contribution in [0, 0.1) is 43.4 Å². The van der Waals surface area contributed by atoms with Crippen LogP contribution in [0.1, 0.15) is 27.8 Å². The average Bonchev–Trinajstić information content (AvgIpc) is 3.64. The molecule has 0 saturated carbocycles. The summed E-state index contributed by atoms with van der Waals surface area (Å²) in [4.78, 5) is 10.5. The zero-order valence-corrected chi connectivity index (χ0v) is 34.6. The van der Waals surface area contributed by atoms with E-state index in [4.69, 9.17) is 9.97 Å². The van der Waals surface area contributed by atoms with Crippen LogP contribution in [0.2, 0.25) is 0 Å². The lowest BCUT2D eigenvalue weighted by Crippen LogP contribution is -2.03. The Morgan fingerprint density at radius 1 is 0.419 bits per heavy atom. The van der Waals surface area contributed by atoms with Crippen LogP contribution < -0.4 is 0 Å². The minimum Gasteiger partial charge on any atom is -0.308 e. The Morgan fingerprint density at radius 3 is 1.44 bits per heavy atom. The number of benzene rings is 8. The lowest BCUT2D eigenvalue weighted by molar-refractivity contribution is 1.17. The predicted octanol–water partition coefficient (Wildman–Crippen LogP) is 14.2. The van der Waals surface area contributed by atoms with Gasteiger partial charge in [0.25, 0.3) is 0 Å². The molecule has 5 heteroatoms. The fraction of sp³-hybridized carbons (Fsp3) is 0.0526. The van der Waals surface area contributed by atoms with Gasteiger partial charge in [0.15, 0.2) is 5.82 Å². The van der Waals surface area contributed by atoms with Crippen molar-refractivity contribution in [3.05, 3.63) is 210 Å². The molecule has 5 nitrogen and oxygen atoms in total. The van der Waals surface area contributed by atoms with Crippen molar-refractivity contribution in [3.63, 3.8) is 0 Å². The average molecular weight is 794 g/mol. The largest absolute Gasteiger partial charge is 0.308 e. The van der Waals surface area contributed by atoms with Crippen LogP contribution in [-0.2, 0) is 0 Å². The Balaban J connectivity index is 1.31. The van der Waals surface area contributed by atoms with E-state index in [0.29, 0.717) is 17.0 Å². The van der Waals surface area contributed by atoms with Gasteiger partial charge in [0, 0.05) is 38.6 Å². The molecule has 62 heavy (non-hydrogen) atoms. The number of nitrogens with zero attached hydrogens (tertiary/aromatic N) is 5. The number of aryl methyl sites for hydroxylation is 3. The summed E-state index contributed by atoms with van der Waals surface area (Å²) in [5, 5.41) is 22.0. The summed E-state index contributed by atoms with van der Waals surface area (Å²) in [5.41, 5.74) is 18.6. The molecule has 0 amide bonds. The first-order chi connectivity index (χ1) is 30.4. The van der Waals surface area contributed by atoms with Crippen molar-refractivity contribution in [3.8, 4) is 85.1 Å². The number of para-hydroxylation sites is 1. The number of nitriles is 2. The molecule has 0 saturated heterocycles. The third-order valence-electron chi connectivity index (χ3n) is 11.7. The Bertz CT molecular complexity index is 3260. The van der Waals surface area contributed by atoms with Crippen molar-refractivity contribution in [2.45, 2.75) is 20.8 Å². The van der Waals surface area contributed by atoms with E-state index in [1.807, 2.05) is 84.9 Å². The molecule has 8 aromatic carbocycles. The quantitative estimate of drug-likeness (QED) is 0.161. The monoisotopic (exact) mass is 793 g/mol. The van der Waals surface area contributed by atoms with Crippen LogP contribution in [0.5, 0.6) is 0 Å². The molecule has 10 aromatic rings. The second-order valence-corrected chi connectivity index (χ2v) is 15.9. The highest BCUT2D eigenvalue weighted by Gasteiger charge is 2.24. The van der Waals surface area contributed by atoms with Gasteiger partial charge >= 0.3 is 0 Å². The smallest absolute Gasteiger partial charge is 0.160 e. The van der Waals surface area contributed by atoms with Crippen molar-refractivity contribution < 1.29 is 0 Å². The fourth-order valence-electron chi connectivity index (χ4n) is 8.99. The number of aromatic nitrogens is 3. The zero-order valence-electron chi connectivity index (χ0n) is 34.6. The van der Waals surface area contributed by atoms with Gasteiger partial charge in [-0.15, -0.1) is 0 Å². The lowest BCUT2D eigenvalue weighted by Gasteiger charge is -2.21. The summed E-state index contributed by atoms with van der Waals surface area (Å²) in [6.45, 7) is 6.54. The third-order valence-corrected chi connectivity index (χ3v) is 11.7. The normalized spacial score (nSPS) is 11.1. The Labute approximate surface area is 361 Å². The maximum atomic E-state index is 9.87. The molecule has 0 unspecified atom stereocenters. The molecule has 0 spiro atoms. The summed E-state index contributed by atoms with van der Waals surface area (Å²) < 4.78 is 2.38. The Hall–Kier alpha value is -8.38. The maximum Gasteiger partial charge on any atom is 0.160 e. The Morgan fingerprint density at radius 2 is 0.903 bits per heavy atom. The molecule has 0 atom stereocenters. The van der Waals surface area contributed by atoms with E-state index in [1.165, 1.54) is 27.8 Å². The number of rotatable bonds is 7. The molecule has 10 rings (SSSR count). The highest BCUT2D eigenvalue weighted by molar-refractivity contribution is 6.12. The molecule has 0 radical (unpaired) electrons. The molecule has 0 N–H and O–H groups in total. The van der Waals surface area contributed by atoms with Gasteiger partial charge in [-0.05, 0) is 115 Å². The van der Waals surface area contributed by atoms with Crippen molar-refractivity contribution in [2.24, 2.45) is 0 Å². The van der Waals surface area contributed by atoms with Crippen LogP contribution >= 0.6 is 0 Å². The topological polar surface area (TPSA) is 78.3 Å². The minimum atomic E-state index is 0.580. The summed E-state index contributed by atoms with van der Waals surface area (Å²) in [6.07, 6.45) is 0. The van der Waals surface area contributed by atoms with Crippen molar-refractivity contribution >= 4 is 21.8 Å². The first kappa shape index (κ1) is 37.9. The molecule has 0 aliphatic heterocycles.